The minimum atomic E-state index is -0.209. The van der Waals surface area contributed by atoms with Crippen LogP contribution >= 0.6 is 0 Å². The van der Waals surface area contributed by atoms with Crippen LogP contribution in [0.3, 0.4) is 0 Å². The van der Waals surface area contributed by atoms with E-state index in [9.17, 15) is 4.79 Å². The normalized spacial score (nSPS) is 20.5. The molecule has 1 unspecified atom stereocenters. The second kappa shape index (κ2) is 8.22. The van der Waals surface area contributed by atoms with Crippen LogP contribution in [0.2, 0.25) is 0 Å². The fourth-order valence-corrected chi connectivity index (χ4v) is 2.65. The Morgan fingerprint density at radius 3 is 2.67 bits per heavy atom. The molecular weight excluding hydrogens is 266 g/mol. The van der Waals surface area contributed by atoms with Crippen molar-refractivity contribution in [2.24, 2.45) is 16.6 Å². The number of nitrogens with two attached hydrogens (primary N) is 1. The van der Waals surface area contributed by atoms with Gasteiger partial charge in [0.25, 0.3) is 0 Å². The van der Waals surface area contributed by atoms with Gasteiger partial charge in [-0.25, -0.2) is 0 Å². The molecule has 6 heteroatoms. The predicted molar refractivity (Wildman–Crippen MR) is 87.2 cm³/mol. The molecule has 122 valence electrons. The van der Waals surface area contributed by atoms with Gasteiger partial charge in [0.2, 0.25) is 5.91 Å². The Morgan fingerprint density at radius 1 is 1.38 bits per heavy atom. The predicted octanol–water partition coefficient (Wildman–Crippen LogP) is 0.537. The number of nitrogens with one attached hydrogen (secondary N) is 2. The van der Waals surface area contributed by atoms with Crippen LogP contribution in [-0.4, -0.2) is 55.5 Å². The van der Waals surface area contributed by atoms with Crippen LogP contribution in [-0.2, 0) is 4.79 Å². The Kier molecular flexibility index (Phi) is 6.95. The van der Waals surface area contributed by atoms with Gasteiger partial charge in [0, 0.05) is 45.2 Å². The molecule has 0 aromatic heterocycles. The van der Waals surface area contributed by atoms with Crippen molar-refractivity contribution in [3.05, 3.63) is 0 Å². The monoisotopic (exact) mass is 297 g/mol. The molecule has 1 rings (SSSR count). The number of aliphatic imine (C=N–C) groups is 1. The molecule has 4 N–H and O–H groups in total. The van der Waals surface area contributed by atoms with Gasteiger partial charge in [-0.05, 0) is 39.5 Å². The number of likely N-dealkylation sites (tertiary alicyclic amines) is 1. The van der Waals surface area contributed by atoms with Gasteiger partial charge >= 0.3 is 0 Å². The zero-order chi connectivity index (χ0) is 15.9. The van der Waals surface area contributed by atoms with Crippen molar-refractivity contribution in [1.29, 1.82) is 0 Å². The molecular formula is C15H31N5O. The highest BCUT2D eigenvalue weighted by molar-refractivity contribution is 5.80. The molecule has 0 saturated carbocycles. The van der Waals surface area contributed by atoms with E-state index in [0.717, 1.165) is 45.0 Å². The third-order valence-corrected chi connectivity index (χ3v) is 3.58. The second-order valence-corrected chi connectivity index (χ2v) is 6.78. The standard InChI is InChI=1S/C15H31N5O/c1-15(2,3)19-8-7-18-14(17-4)20-9-5-6-12(11-20)10-13(16)21/h12,19H,5-11H2,1-4H3,(H2,16,21)(H,17,18). The number of amides is 1. The van der Waals surface area contributed by atoms with Crippen LogP contribution in [0.1, 0.15) is 40.0 Å². The molecule has 1 aliphatic heterocycles. The molecule has 0 aromatic carbocycles. The highest BCUT2D eigenvalue weighted by Gasteiger charge is 2.23. The summed E-state index contributed by atoms with van der Waals surface area (Å²) in [5.41, 5.74) is 5.43. The van der Waals surface area contributed by atoms with E-state index in [1.807, 2.05) is 0 Å². The van der Waals surface area contributed by atoms with Crippen LogP contribution < -0.4 is 16.4 Å². The Morgan fingerprint density at radius 2 is 2.10 bits per heavy atom. The first-order valence-electron chi connectivity index (χ1n) is 7.81. The fraction of sp³-hybridized carbons (Fsp3) is 0.867. The summed E-state index contributed by atoms with van der Waals surface area (Å²) >= 11 is 0. The lowest BCUT2D eigenvalue weighted by Gasteiger charge is -2.34. The van der Waals surface area contributed by atoms with Crippen LogP contribution in [0.4, 0.5) is 0 Å². The van der Waals surface area contributed by atoms with Gasteiger partial charge in [-0.1, -0.05) is 0 Å². The van der Waals surface area contributed by atoms with Crippen molar-refractivity contribution in [2.45, 2.75) is 45.6 Å². The van der Waals surface area contributed by atoms with Crippen molar-refractivity contribution in [2.75, 3.05) is 33.2 Å². The summed E-state index contributed by atoms with van der Waals surface area (Å²) in [6, 6.07) is 0. The number of carbonyl (C=O) groups excluding carboxylic acids is 1. The third kappa shape index (κ3) is 7.32. The summed E-state index contributed by atoms with van der Waals surface area (Å²) in [5.74, 6) is 1.06. The second-order valence-electron chi connectivity index (χ2n) is 6.78. The van der Waals surface area contributed by atoms with Gasteiger partial charge in [-0.15, -0.1) is 0 Å². The smallest absolute Gasteiger partial charge is 0.217 e. The summed E-state index contributed by atoms with van der Waals surface area (Å²) in [6.07, 6.45) is 2.62. The molecule has 0 aliphatic carbocycles. The summed E-state index contributed by atoms with van der Waals surface area (Å²) in [4.78, 5) is 17.6. The first kappa shape index (κ1) is 17.8. The Balaban J connectivity index is 2.39. The van der Waals surface area contributed by atoms with Gasteiger partial charge in [0.05, 0.1) is 0 Å². The summed E-state index contributed by atoms with van der Waals surface area (Å²) in [7, 11) is 1.80. The number of hydrogen-bond acceptors (Lipinski definition) is 3. The third-order valence-electron chi connectivity index (χ3n) is 3.58. The zero-order valence-corrected chi connectivity index (χ0v) is 13.9. The minimum absolute atomic E-state index is 0.128. The van der Waals surface area contributed by atoms with Crippen molar-refractivity contribution < 1.29 is 4.79 Å². The highest BCUT2D eigenvalue weighted by atomic mass is 16.1. The zero-order valence-electron chi connectivity index (χ0n) is 13.9. The average Bonchev–Trinajstić information content (AvgIpc) is 2.37. The maximum atomic E-state index is 11.1. The molecule has 0 bridgehead atoms. The van der Waals surface area contributed by atoms with E-state index in [0.29, 0.717) is 12.3 Å². The van der Waals surface area contributed by atoms with E-state index >= 15 is 0 Å². The van der Waals surface area contributed by atoms with Gasteiger partial charge in [-0.2, -0.15) is 0 Å². The Bertz CT molecular complexity index is 362. The molecule has 1 saturated heterocycles. The van der Waals surface area contributed by atoms with Crippen LogP contribution in [0.25, 0.3) is 0 Å². The summed E-state index contributed by atoms with van der Waals surface area (Å²) in [6.45, 7) is 10.0. The lowest BCUT2D eigenvalue weighted by atomic mass is 9.95. The number of piperidine rings is 1. The van der Waals surface area contributed by atoms with Gasteiger partial charge in [0.15, 0.2) is 5.96 Å². The van der Waals surface area contributed by atoms with Crippen LogP contribution in [0, 0.1) is 5.92 Å². The lowest BCUT2D eigenvalue weighted by Crippen LogP contribution is -2.49. The molecule has 21 heavy (non-hydrogen) atoms. The summed E-state index contributed by atoms with van der Waals surface area (Å²) in [5, 5.41) is 6.82. The first-order valence-corrected chi connectivity index (χ1v) is 7.81. The molecule has 1 amide bonds. The maximum absolute atomic E-state index is 11.1. The van der Waals surface area contributed by atoms with E-state index in [2.05, 4.69) is 41.3 Å². The number of primary amides is 1. The summed E-state index contributed by atoms with van der Waals surface area (Å²) < 4.78 is 0. The quantitative estimate of drug-likeness (QED) is 0.393. The number of guanidine groups is 1. The van der Waals surface area contributed by atoms with Crippen LogP contribution in [0.5, 0.6) is 0 Å². The number of carbonyl (C=O) groups is 1. The van der Waals surface area contributed by atoms with E-state index in [1.54, 1.807) is 7.05 Å². The van der Waals surface area contributed by atoms with Crippen molar-refractivity contribution in [3.63, 3.8) is 0 Å². The van der Waals surface area contributed by atoms with E-state index in [-0.39, 0.29) is 11.4 Å². The van der Waals surface area contributed by atoms with Crippen LogP contribution in [0.15, 0.2) is 4.99 Å². The maximum Gasteiger partial charge on any atom is 0.217 e. The fourth-order valence-electron chi connectivity index (χ4n) is 2.65. The molecule has 0 radical (unpaired) electrons. The Labute approximate surface area is 128 Å². The van der Waals surface area contributed by atoms with Crippen molar-refractivity contribution in [3.8, 4) is 0 Å². The largest absolute Gasteiger partial charge is 0.370 e. The Hall–Kier alpha value is -1.30. The molecule has 0 aromatic rings. The first-order chi connectivity index (χ1) is 9.81. The molecule has 1 atom stereocenters. The van der Waals surface area contributed by atoms with E-state index in [4.69, 9.17) is 5.73 Å². The lowest BCUT2D eigenvalue weighted by molar-refractivity contribution is -0.119. The number of nitrogens with zero attached hydrogens (tertiary/aromatic N) is 2. The van der Waals surface area contributed by atoms with Crippen molar-refractivity contribution >= 4 is 11.9 Å². The topological polar surface area (TPSA) is 82.8 Å². The van der Waals surface area contributed by atoms with E-state index in [1.165, 1.54) is 0 Å². The molecule has 6 nitrogen and oxygen atoms in total. The molecule has 1 heterocycles. The van der Waals surface area contributed by atoms with Gasteiger partial charge in [0.1, 0.15) is 0 Å². The van der Waals surface area contributed by atoms with E-state index < -0.39 is 0 Å². The van der Waals surface area contributed by atoms with Gasteiger partial charge < -0.3 is 21.3 Å². The number of hydrogen-bond donors (Lipinski definition) is 3. The molecule has 1 aliphatic rings. The molecule has 0 spiro atoms. The van der Waals surface area contributed by atoms with Crippen molar-refractivity contribution in [1.82, 2.24) is 15.5 Å². The number of rotatable bonds is 5. The average molecular weight is 297 g/mol. The van der Waals surface area contributed by atoms with Gasteiger partial charge in [-0.3, -0.25) is 9.79 Å². The highest BCUT2D eigenvalue weighted by Crippen LogP contribution is 2.19. The minimum Gasteiger partial charge on any atom is -0.370 e. The molecule has 1 fully saturated rings. The SMILES string of the molecule is CN=C(NCCNC(C)(C)C)N1CCCC(CC(N)=O)C1.